The average Bonchev–Trinajstić information content (AvgIpc) is 2.96. The monoisotopic (exact) mass is 608 g/mol. The minimum Gasteiger partial charge on any atom is -0.125 e. The third-order valence-electron chi connectivity index (χ3n) is 7.90. The lowest BCUT2D eigenvalue weighted by molar-refractivity contribution is 0.603. The Morgan fingerprint density at radius 2 is 0.700 bits per heavy atom. The molecule has 0 radical (unpaired) electrons. The number of hydrogen-bond acceptors (Lipinski definition) is 3. The zero-order valence-corrected chi connectivity index (χ0v) is 29.9. The molecule has 0 fully saturated rings. The predicted octanol–water partition coefficient (Wildman–Crippen LogP) is 14.6. The second-order valence-corrected chi connectivity index (χ2v) is 15.3. The van der Waals surface area contributed by atoms with Gasteiger partial charge in [0.15, 0.2) is 0 Å². The number of thioether (sulfide) groups is 3. The molecule has 234 valence electrons. The summed E-state index contributed by atoms with van der Waals surface area (Å²) >= 11 is 6.54. The molecule has 0 atom stereocenters. The van der Waals surface area contributed by atoms with Crippen LogP contribution in [0.3, 0.4) is 0 Å². The molecule has 0 saturated heterocycles. The molecule has 0 unspecified atom stereocenters. The fraction of sp³-hybridized carbons (Fsp3) is 0.838. The van der Waals surface area contributed by atoms with Gasteiger partial charge in [-0.05, 0) is 67.1 Å². The van der Waals surface area contributed by atoms with Gasteiger partial charge in [-0.25, -0.2) is 0 Å². The van der Waals surface area contributed by atoms with Crippen LogP contribution in [0.25, 0.3) is 0 Å². The molecule has 0 N–H and O–H groups in total. The molecule has 0 aliphatic rings. The van der Waals surface area contributed by atoms with Crippen molar-refractivity contribution in [3.63, 3.8) is 0 Å². The minimum atomic E-state index is 1.25. The highest BCUT2D eigenvalue weighted by atomic mass is 32.2. The largest absolute Gasteiger partial charge is 0.125 e. The molecule has 0 heterocycles. The van der Waals surface area contributed by atoms with Crippen LogP contribution in [0.2, 0.25) is 0 Å². The SMILES string of the molecule is CCCCCCCCCSc1cc(CCCC)cc(SCCCCCCCCC)c1SCCCCCCCCC. The molecule has 40 heavy (non-hydrogen) atoms. The summed E-state index contributed by atoms with van der Waals surface area (Å²) in [7, 11) is 0. The molecule has 0 aromatic heterocycles. The van der Waals surface area contributed by atoms with Gasteiger partial charge in [-0.1, -0.05) is 150 Å². The van der Waals surface area contributed by atoms with Crippen molar-refractivity contribution in [3.05, 3.63) is 17.7 Å². The van der Waals surface area contributed by atoms with E-state index in [1.807, 2.05) is 0 Å². The highest BCUT2D eigenvalue weighted by Crippen LogP contribution is 2.41. The van der Waals surface area contributed by atoms with E-state index in [0.29, 0.717) is 0 Å². The molecular formula is C37H68S3. The second-order valence-electron chi connectivity index (χ2n) is 11.9. The fourth-order valence-electron chi connectivity index (χ4n) is 5.23. The Morgan fingerprint density at radius 1 is 0.375 bits per heavy atom. The van der Waals surface area contributed by atoms with Crippen molar-refractivity contribution < 1.29 is 0 Å². The molecule has 1 aromatic rings. The molecule has 1 aromatic carbocycles. The van der Waals surface area contributed by atoms with Gasteiger partial charge in [-0.2, -0.15) is 0 Å². The highest BCUT2D eigenvalue weighted by Gasteiger charge is 2.13. The maximum Gasteiger partial charge on any atom is 0.0344 e. The summed E-state index contributed by atoms with van der Waals surface area (Å²) in [5.74, 6) is 3.87. The quantitative estimate of drug-likeness (QED) is 0.0630. The Kier molecular flexibility index (Phi) is 28.1. The van der Waals surface area contributed by atoms with Gasteiger partial charge in [-0.3, -0.25) is 0 Å². The molecule has 1 rings (SSSR count). The van der Waals surface area contributed by atoms with Crippen LogP contribution in [-0.2, 0) is 6.42 Å². The molecule has 3 heteroatoms. The number of rotatable bonds is 30. The van der Waals surface area contributed by atoms with E-state index in [-0.39, 0.29) is 0 Å². The van der Waals surface area contributed by atoms with Gasteiger partial charge in [-0.15, -0.1) is 35.3 Å². The number of hydrogen-bond donors (Lipinski definition) is 0. The number of unbranched alkanes of at least 4 members (excludes halogenated alkanes) is 19. The summed E-state index contributed by atoms with van der Waals surface area (Å²) in [5, 5.41) is 0. The Labute approximate surface area is 265 Å². The Hall–Kier alpha value is 0.270. The lowest BCUT2D eigenvalue weighted by Crippen LogP contribution is -1.95. The van der Waals surface area contributed by atoms with Gasteiger partial charge >= 0.3 is 0 Å². The van der Waals surface area contributed by atoms with Crippen LogP contribution in [0.1, 0.15) is 181 Å². The molecular weight excluding hydrogens is 541 g/mol. The van der Waals surface area contributed by atoms with Crippen LogP contribution >= 0.6 is 35.3 Å². The average molecular weight is 609 g/mol. The molecule has 0 amide bonds. The van der Waals surface area contributed by atoms with Crippen molar-refractivity contribution >= 4 is 35.3 Å². The Morgan fingerprint density at radius 3 is 1.07 bits per heavy atom. The molecule has 0 bridgehead atoms. The van der Waals surface area contributed by atoms with Gasteiger partial charge in [0.05, 0.1) is 0 Å². The summed E-state index contributed by atoms with van der Waals surface area (Å²) in [4.78, 5) is 4.84. The predicted molar refractivity (Wildman–Crippen MR) is 191 cm³/mol. The summed E-state index contributed by atoms with van der Waals surface area (Å²) in [6.45, 7) is 9.28. The number of benzene rings is 1. The number of aryl methyl sites for hydroxylation is 1. The molecule has 0 saturated carbocycles. The van der Waals surface area contributed by atoms with Crippen molar-refractivity contribution in [1.29, 1.82) is 0 Å². The van der Waals surface area contributed by atoms with Gasteiger partial charge in [0, 0.05) is 14.7 Å². The normalized spacial score (nSPS) is 11.5. The lowest BCUT2D eigenvalue weighted by atomic mass is 10.1. The van der Waals surface area contributed by atoms with E-state index >= 15 is 0 Å². The smallest absolute Gasteiger partial charge is 0.0344 e. The highest BCUT2D eigenvalue weighted by molar-refractivity contribution is 8.03. The summed E-state index contributed by atoms with van der Waals surface area (Å²) in [5.41, 5.74) is 1.59. The van der Waals surface area contributed by atoms with Crippen molar-refractivity contribution in [3.8, 4) is 0 Å². The van der Waals surface area contributed by atoms with E-state index in [9.17, 15) is 0 Å². The van der Waals surface area contributed by atoms with Crippen LogP contribution in [0, 0.1) is 0 Å². The Bertz CT molecular complexity index is 630. The first-order valence-corrected chi connectivity index (χ1v) is 20.8. The fourth-order valence-corrected chi connectivity index (χ4v) is 9.04. The second kappa shape index (κ2) is 29.3. The van der Waals surface area contributed by atoms with Crippen molar-refractivity contribution in [2.24, 2.45) is 0 Å². The van der Waals surface area contributed by atoms with Crippen LogP contribution in [-0.4, -0.2) is 17.3 Å². The van der Waals surface area contributed by atoms with Gasteiger partial charge in [0.2, 0.25) is 0 Å². The van der Waals surface area contributed by atoms with Gasteiger partial charge < -0.3 is 0 Å². The van der Waals surface area contributed by atoms with E-state index in [1.165, 1.54) is 171 Å². The third kappa shape index (κ3) is 21.0. The lowest BCUT2D eigenvalue weighted by Gasteiger charge is -2.17. The van der Waals surface area contributed by atoms with Gasteiger partial charge in [0.25, 0.3) is 0 Å². The standard InChI is InChI=1S/C37H68S3/c1-5-9-13-16-19-22-25-29-38-35-32-34(28-12-8-4)33-36(39-30-26-23-20-17-14-10-6-2)37(35)40-31-27-24-21-18-15-11-7-3/h32-33H,5-31H2,1-4H3. The summed E-state index contributed by atoms with van der Waals surface area (Å²) in [6.07, 6.45) is 33.4. The van der Waals surface area contributed by atoms with Crippen LogP contribution in [0.5, 0.6) is 0 Å². The Balaban J connectivity index is 2.76. The molecule has 0 nitrogen and oxygen atoms in total. The van der Waals surface area contributed by atoms with Crippen LogP contribution < -0.4 is 0 Å². The van der Waals surface area contributed by atoms with E-state index < -0.39 is 0 Å². The first kappa shape index (κ1) is 38.3. The van der Waals surface area contributed by atoms with Crippen molar-refractivity contribution in [1.82, 2.24) is 0 Å². The first-order chi connectivity index (χ1) is 19.8. The maximum atomic E-state index is 2.59. The van der Waals surface area contributed by atoms with E-state index in [4.69, 9.17) is 0 Å². The van der Waals surface area contributed by atoms with Crippen LogP contribution in [0.15, 0.2) is 26.8 Å². The maximum absolute atomic E-state index is 2.59. The van der Waals surface area contributed by atoms with E-state index in [2.05, 4.69) is 75.1 Å². The van der Waals surface area contributed by atoms with Crippen molar-refractivity contribution in [2.45, 2.75) is 196 Å². The third-order valence-corrected chi connectivity index (χ3v) is 11.6. The topological polar surface area (TPSA) is 0 Å². The van der Waals surface area contributed by atoms with E-state index in [0.717, 1.165) is 0 Å². The summed E-state index contributed by atoms with van der Waals surface area (Å²) in [6, 6.07) is 5.18. The molecule has 0 aliphatic heterocycles. The zero-order chi connectivity index (χ0) is 28.9. The molecule has 0 aliphatic carbocycles. The zero-order valence-electron chi connectivity index (χ0n) is 27.5. The molecule has 0 spiro atoms. The van der Waals surface area contributed by atoms with Crippen LogP contribution in [0.4, 0.5) is 0 Å². The minimum absolute atomic E-state index is 1.25. The van der Waals surface area contributed by atoms with Gasteiger partial charge in [0.1, 0.15) is 0 Å². The van der Waals surface area contributed by atoms with Crippen molar-refractivity contribution in [2.75, 3.05) is 17.3 Å². The van der Waals surface area contributed by atoms with E-state index in [1.54, 1.807) is 20.2 Å². The first-order valence-electron chi connectivity index (χ1n) is 17.8. The summed E-state index contributed by atoms with van der Waals surface area (Å²) < 4.78 is 0.